The molecular weight excluding hydrogens is 242 g/mol. The molecule has 0 bridgehead atoms. The number of furan rings is 1. The molecule has 0 amide bonds. The first-order valence-corrected chi connectivity index (χ1v) is 10.4. The van der Waals surface area contributed by atoms with E-state index in [0.717, 1.165) is 6.04 Å². The van der Waals surface area contributed by atoms with Crippen LogP contribution in [0.1, 0.15) is 5.56 Å². The van der Waals surface area contributed by atoms with Crippen molar-refractivity contribution in [2.75, 3.05) is 5.75 Å². The summed E-state index contributed by atoms with van der Waals surface area (Å²) in [6.07, 6.45) is 4.26. The van der Waals surface area contributed by atoms with E-state index in [9.17, 15) is 8.42 Å². The van der Waals surface area contributed by atoms with E-state index >= 15 is 0 Å². The van der Waals surface area contributed by atoms with E-state index in [-0.39, 0.29) is 5.75 Å². The Hall–Kier alpha value is -0.883. The minimum absolute atomic E-state index is 0.136. The van der Waals surface area contributed by atoms with Crippen LogP contribution in [0.25, 0.3) is 0 Å². The molecule has 4 nitrogen and oxygen atoms in total. The van der Waals surface area contributed by atoms with Crippen LogP contribution in [0.4, 0.5) is 0 Å². The average molecular weight is 259 g/mol. The van der Waals surface area contributed by atoms with Gasteiger partial charge in [-0.15, -0.1) is 0 Å². The van der Waals surface area contributed by atoms with Crippen LogP contribution in [0.2, 0.25) is 25.7 Å². The SMILES string of the molecule is C[Si](C)(C)CCS(=O)(=O)/N=C/c1ccoc1. The van der Waals surface area contributed by atoms with Crippen molar-refractivity contribution in [3.63, 3.8) is 0 Å². The summed E-state index contributed by atoms with van der Waals surface area (Å²) in [5.41, 5.74) is 0.663. The summed E-state index contributed by atoms with van der Waals surface area (Å²) < 4.78 is 31.6. The van der Waals surface area contributed by atoms with E-state index in [4.69, 9.17) is 4.42 Å². The van der Waals surface area contributed by atoms with Crippen LogP contribution in [-0.2, 0) is 10.0 Å². The first-order chi connectivity index (χ1) is 7.29. The lowest BCUT2D eigenvalue weighted by Gasteiger charge is -2.13. The van der Waals surface area contributed by atoms with Crippen LogP contribution < -0.4 is 0 Å². The second-order valence-electron chi connectivity index (χ2n) is 4.89. The smallest absolute Gasteiger partial charge is 0.252 e. The van der Waals surface area contributed by atoms with E-state index in [1.807, 2.05) is 0 Å². The van der Waals surface area contributed by atoms with Gasteiger partial charge in [-0.05, 0) is 12.1 Å². The zero-order chi connectivity index (χ0) is 12.2. The van der Waals surface area contributed by atoms with Gasteiger partial charge in [0.25, 0.3) is 10.0 Å². The minimum atomic E-state index is -3.33. The van der Waals surface area contributed by atoms with Crippen molar-refractivity contribution >= 4 is 24.3 Å². The van der Waals surface area contributed by atoms with Crippen LogP contribution in [0, 0.1) is 0 Å². The largest absolute Gasteiger partial charge is 0.472 e. The van der Waals surface area contributed by atoms with Crippen LogP contribution in [0.3, 0.4) is 0 Å². The van der Waals surface area contributed by atoms with Gasteiger partial charge in [-0.3, -0.25) is 0 Å². The monoisotopic (exact) mass is 259 g/mol. The highest BCUT2D eigenvalue weighted by atomic mass is 32.2. The molecule has 0 atom stereocenters. The van der Waals surface area contributed by atoms with Crippen molar-refractivity contribution in [1.82, 2.24) is 0 Å². The van der Waals surface area contributed by atoms with Gasteiger partial charge in [0.15, 0.2) is 0 Å². The van der Waals surface area contributed by atoms with E-state index in [0.29, 0.717) is 5.56 Å². The Morgan fingerprint density at radius 1 is 1.44 bits per heavy atom. The van der Waals surface area contributed by atoms with Crippen LogP contribution in [0.15, 0.2) is 27.4 Å². The van der Waals surface area contributed by atoms with E-state index < -0.39 is 18.1 Å². The molecule has 0 aromatic carbocycles. The van der Waals surface area contributed by atoms with Gasteiger partial charge in [0.2, 0.25) is 0 Å². The molecule has 0 saturated heterocycles. The summed E-state index contributed by atoms with van der Waals surface area (Å²) in [4.78, 5) is 0. The molecule has 1 aromatic heterocycles. The third kappa shape index (κ3) is 5.27. The van der Waals surface area contributed by atoms with Gasteiger partial charge in [-0.25, -0.2) is 8.42 Å². The average Bonchev–Trinajstić information content (AvgIpc) is 2.64. The maximum absolute atomic E-state index is 11.6. The Kier molecular flexibility index (Phi) is 4.09. The zero-order valence-electron chi connectivity index (χ0n) is 9.80. The Balaban J connectivity index is 2.59. The maximum Gasteiger partial charge on any atom is 0.252 e. The molecule has 0 spiro atoms. The van der Waals surface area contributed by atoms with Crippen molar-refractivity contribution in [3.8, 4) is 0 Å². The van der Waals surface area contributed by atoms with Gasteiger partial charge < -0.3 is 4.42 Å². The van der Waals surface area contributed by atoms with Gasteiger partial charge in [0, 0.05) is 13.6 Å². The van der Waals surface area contributed by atoms with Crippen LogP contribution in [-0.4, -0.2) is 28.5 Å². The van der Waals surface area contributed by atoms with Gasteiger partial charge >= 0.3 is 0 Å². The highest BCUT2D eigenvalue weighted by Crippen LogP contribution is 2.10. The van der Waals surface area contributed by atoms with Crippen LogP contribution >= 0.6 is 0 Å². The molecule has 0 aliphatic carbocycles. The molecule has 1 rings (SSSR count). The molecule has 90 valence electrons. The third-order valence-corrected chi connectivity index (χ3v) is 5.27. The van der Waals surface area contributed by atoms with Gasteiger partial charge in [-0.2, -0.15) is 4.40 Å². The quantitative estimate of drug-likeness (QED) is 0.602. The van der Waals surface area contributed by atoms with E-state index in [2.05, 4.69) is 24.0 Å². The first kappa shape index (κ1) is 13.2. The first-order valence-electron chi connectivity index (χ1n) is 5.09. The number of hydrogen-bond acceptors (Lipinski definition) is 3. The van der Waals surface area contributed by atoms with Gasteiger partial charge in [-0.1, -0.05) is 19.6 Å². The summed E-state index contributed by atoms with van der Waals surface area (Å²) in [5.74, 6) is 0.136. The number of hydrogen-bond donors (Lipinski definition) is 0. The lowest BCUT2D eigenvalue weighted by atomic mass is 10.4. The Morgan fingerprint density at radius 2 is 2.12 bits per heavy atom. The van der Waals surface area contributed by atoms with Crippen molar-refractivity contribution in [1.29, 1.82) is 0 Å². The highest BCUT2D eigenvalue weighted by molar-refractivity contribution is 7.90. The molecule has 0 aliphatic heterocycles. The molecule has 6 heteroatoms. The predicted octanol–water partition coefficient (Wildman–Crippen LogP) is 2.37. The molecular formula is C10H17NO3SSi. The summed E-state index contributed by atoms with van der Waals surface area (Å²) in [7, 11) is -4.66. The van der Waals surface area contributed by atoms with Crippen molar-refractivity contribution < 1.29 is 12.8 Å². The summed E-state index contributed by atoms with van der Waals surface area (Å²) in [6.45, 7) is 6.42. The van der Waals surface area contributed by atoms with Crippen LogP contribution in [0.5, 0.6) is 0 Å². The van der Waals surface area contributed by atoms with Gasteiger partial charge in [0.1, 0.15) is 0 Å². The molecule has 1 aromatic rings. The predicted molar refractivity (Wildman–Crippen MR) is 68.2 cm³/mol. The Labute approximate surface area is 97.5 Å². The molecule has 0 unspecified atom stereocenters. The molecule has 0 saturated carbocycles. The molecule has 0 aliphatic rings. The lowest BCUT2D eigenvalue weighted by Crippen LogP contribution is -2.23. The van der Waals surface area contributed by atoms with E-state index in [1.165, 1.54) is 18.7 Å². The minimum Gasteiger partial charge on any atom is -0.472 e. The maximum atomic E-state index is 11.6. The normalized spacial score (nSPS) is 13.4. The second kappa shape index (κ2) is 4.97. The van der Waals surface area contributed by atoms with Crippen molar-refractivity contribution in [2.24, 2.45) is 4.40 Å². The molecule has 16 heavy (non-hydrogen) atoms. The highest BCUT2D eigenvalue weighted by Gasteiger charge is 2.17. The fourth-order valence-electron chi connectivity index (χ4n) is 0.977. The lowest BCUT2D eigenvalue weighted by molar-refractivity contribution is 0.567. The summed E-state index contributed by atoms with van der Waals surface area (Å²) in [5, 5.41) is 0. The molecule has 0 radical (unpaired) electrons. The van der Waals surface area contributed by atoms with Crippen molar-refractivity contribution in [2.45, 2.75) is 25.7 Å². The van der Waals surface area contributed by atoms with E-state index in [1.54, 1.807) is 6.07 Å². The summed E-state index contributed by atoms with van der Waals surface area (Å²) in [6, 6.07) is 2.40. The summed E-state index contributed by atoms with van der Waals surface area (Å²) >= 11 is 0. The van der Waals surface area contributed by atoms with Crippen molar-refractivity contribution in [3.05, 3.63) is 24.2 Å². The number of rotatable bonds is 5. The molecule has 0 fully saturated rings. The fraction of sp³-hybridized carbons (Fsp3) is 0.500. The molecule has 1 heterocycles. The Morgan fingerprint density at radius 3 is 2.62 bits per heavy atom. The standard InChI is InChI=1S/C10H17NO3SSi/c1-16(2,3)7-6-15(12,13)11-8-10-4-5-14-9-10/h4-5,8-9H,6-7H2,1-3H3/b11-8+. The zero-order valence-corrected chi connectivity index (χ0v) is 11.6. The topological polar surface area (TPSA) is 59.6 Å². The number of sulfonamides is 1. The number of nitrogens with zero attached hydrogens (tertiary/aromatic N) is 1. The third-order valence-electron chi connectivity index (χ3n) is 2.02. The van der Waals surface area contributed by atoms with Gasteiger partial charge in [0.05, 0.1) is 24.5 Å². The Bertz CT molecular complexity index is 443. The molecule has 0 N–H and O–H groups in total. The second-order valence-corrected chi connectivity index (χ2v) is 12.3. The fourth-order valence-corrected chi connectivity index (χ4v) is 4.85.